The quantitative estimate of drug-likeness (QED) is 0.644. The number of fused-ring (bicyclic) bond motifs is 1. The van der Waals surface area contributed by atoms with E-state index in [0.29, 0.717) is 5.84 Å². The monoisotopic (exact) mass is 522 g/mol. The molecule has 1 aromatic heterocycles. The highest BCUT2D eigenvalue weighted by Crippen LogP contribution is 2.43. The van der Waals surface area contributed by atoms with Crippen molar-refractivity contribution >= 4 is 17.8 Å². The Morgan fingerprint density at radius 3 is 2.71 bits per heavy atom. The topological polar surface area (TPSA) is 95.5 Å². The fourth-order valence-electron chi connectivity index (χ4n) is 5.48. The highest BCUT2D eigenvalue weighted by Gasteiger charge is 2.44. The number of amidine groups is 1. The fraction of sp³-hybridized carbons (Fsp3) is 0.500. The number of carbonyl (C=O) groups is 1. The fourth-order valence-corrected chi connectivity index (χ4v) is 5.48. The third-order valence-electron chi connectivity index (χ3n) is 7.69. The molecule has 38 heavy (non-hydrogen) atoms. The molecule has 1 fully saturated rings. The van der Waals surface area contributed by atoms with Crippen LogP contribution in [0.25, 0.3) is 0 Å². The first-order valence-corrected chi connectivity index (χ1v) is 13.0. The van der Waals surface area contributed by atoms with Crippen LogP contribution in [0.4, 0.5) is 4.39 Å². The first-order chi connectivity index (χ1) is 18.0. The number of halogens is 1. The molecule has 2 aliphatic carbocycles. The van der Waals surface area contributed by atoms with Gasteiger partial charge in [-0.05, 0) is 45.5 Å². The molecule has 4 aliphatic rings. The minimum atomic E-state index is -1.09. The molecule has 3 heterocycles. The van der Waals surface area contributed by atoms with Crippen molar-refractivity contribution in [2.24, 2.45) is 15.4 Å². The summed E-state index contributed by atoms with van der Waals surface area (Å²) >= 11 is 0. The van der Waals surface area contributed by atoms with Gasteiger partial charge in [-0.3, -0.25) is 0 Å². The SMILES string of the molecule is CC1=CC=CC(C)(C)C1OC1=C(F)CC2(C)N=C(n3cc(C(=O)O)cn3)N=C(N3CCCN(C)CC3)C2=C1. The standard InChI is InChI=1S/C28H35FN6O3/c1-18-8-6-9-27(2,3)23(18)38-22-14-20-24(34-11-7-10-33(5)12-13-34)31-26(32-28(20,4)15-21(22)29)35-17-19(16-30-35)25(36)37/h6,8-9,14,16-17,23H,7,10-13,15H2,1-5H3,(H,36,37). The van der Waals surface area contributed by atoms with E-state index in [1.807, 2.05) is 26.0 Å². The summed E-state index contributed by atoms with van der Waals surface area (Å²) in [6.07, 6.45) is 11.2. The van der Waals surface area contributed by atoms with E-state index in [9.17, 15) is 9.90 Å². The van der Waals surface area contributed by atoms with Crippen molar-refractivity contribution in [3.8, 4) is 0 Å². The Morgan fingerprint density at radius 2 is 2.00 bits per heavy atom. The average molecular weight is 523 g/mol. The van der Waals surface area contributed by atoms with Gasteiger partial charge in [-0.1, -0.05) is 32.1 Å². The van der Waals surface area contributed by atoms with Crippen LogP contribution in [0.1, 0.15) is 50.9 Å². The molecule has 1 aromatic rings. The maximum Gasteiger partial charge on any atom is 0.338 e. The molecule has 2 atom stereocenters. The zero-order valence-electron chi connectivity index (χ0n) is 22.6. The van der Waals surface area contributed by atoms with Crippen LogP contribution in [0.2, 0.25) is 0 Å². The predicted molar refractivity (Wildman–Crippen MR) is 144 cm³/mol. The van der Waals surface area contributed by atoms with Gasteiger partial charge in [0.05, 0.1) is 17.3 Å². The van der Waals surface area contributed by atoms with Crippen molar-refractivity contribution in [3.63, 3.8) is 0 Å². The number of likely N-dealkylation sites (N-methyl/N-ethyl adjacent to an activating group) is 1. The summed E-state index contributed by atoms with van der Waals surface area (Å²) in [6.45, 7) is 11.4. The van der Waals surface area contributed by atoms with Crippen LogP contribution < -0.4 is 0 Å². The van der Waals surface area contributed by atoms with E-state index in [-0.39, 0.29) is 41.0 Å². The maximum absolute atomic E-state index is 15.8. The Kier molecular flexibility index (Phi) is 6.63. The summed E-state index contributed by atoms with van der Waals surface area (Å²) in [4.78, 5) is 25.6. The Bertz CT molecular complexity index is 1330. The van der Waals surface area contributed by atoms with E-state index in [2.05, 4.69) is 41.9 Å². The normalized spacial score (nSPS) is 27.6. The average Bonchev–Trinajstić information content (AvgIpc) is 3.24. The van der Waals surface area contributed by atoms with Crippen molar-refractivity contribution in [3.05, 3.63) is 65.0 Å². The molecule has 0 spiro atoms. The minimum absolute atomic E-state index is 0.00321. The third kappa shape index (κ3) is 4.84. The van der Waals surface area contributed by atoms with E-state index in [4.69, 9.17) is 14.7 Å². The molecular weight excluding hydrogens is 487 g/mol. The predicted octanol–water partition coefficient (Wildman–Crippen LogP) is 4.03. The van der Waals surface area contributed by atoms with Crippen molar-refractivity contribution in [1.29, 1.82) is 0 Å². The number of hydrogen-bond acceptors (Lipinski definition) is 7. The first kappa shape index (κ1) is 26.1. The summed E-state index contributed by atoms with van der Waals surface area (Å²) in [7, 11) is 2.10. The van der Waals surface area contributed by atoms with Gasteiger partial charge in [0.2, 0.25) is 5.96 Å². The van der Waals surface area contributed by atoms with E-state index in [0.717, 1.165) is 43.7 Å². The van der Waals surface area contributed by atoms with E-state index >= 15 is 4.39 Å². The molecule has 2 aliphatic heterocycles. The second kappa shape index (κ2) is 9.65. The second-order valence-corrected chi connectivity index (χ2v) is 11.3. The number of allylic oxidation sites excluding steroid dienone is 3. The van der Waals surface area contributed by atoms with Gasteiger partial charge in [-0.25, -0.2) is 18.9 Å². The summed E-state index contributed by atoms with van der Waals surface area (Å²) in [6, 6.07) is 0. The van der Waals surface area contributed by atoms with Gasteiger partial charge in [0.25, 0.3) is 0 Å². The maximum atomic E-state index is 15.8. The first-order valence-electron chi connectivity index (χ1n) is 13.0. The second-order valence-electron chi connectivity index (χ2n) is 11.3. The minimum Gasteiger partial charge on any atom is -0.482 e. The number of hydrogen-bond donors (Lipinski definition) is 1. The summed E-state index contributed by atoms with van der Waals surface area (Å²) in [5.74, 6) is -0.314. The Labute approximate surface area is 222 Å². The molecule has 0 amide bonds. The third-order valence-corrected chi connectivity index (χ3v) is 7.69. The van der Waals surface area contributed by atoms with E-state index in [1.54, 1.807) is 6.08 Å². The van der Waals surface area contributed by atoms with Crippen LogP contribution in [-0.2, 0) is 4.74 Å². The van der Waals surface area contributed by atoms with Crippen molar-refractivity contribution < 1.29 is 19.0 Å². The van der Waals surface area contributed by atoms with Crippen LogP contribution in [-0.4, -0.2) is 87.3 Å². The summed E-state index contributed by atoms with van der Waals surface area (Å²) in [5.41, 5.74) is 0.608. The Morgan fingerprint density at radius 1 is 1.21 bits per heavy atom. The number of aliphatic imine (C=N–C) groups is 2. The van der Waals surface area contributed by atoms with E-state index < -0.39 is 11.5 Å². The van der Waals surface area contributed by atoms with Crippen molar-refractivity contribution in [1.82, 2.24) is 19.6 Å². The van der Waals surface area contributed by atoms with Gasteiger partial charge < -0.3 is 19.6 Å². The molecule has 0 radical (unpaired) electrons. The smallest absolute Gasteiger partial charge is 0.338 e. The number of nitrogens with zero attached hydrogens (tertiary/aromatic N) is 6. The zero-order valence-corrected chi connectivity index (χ0v) is 22.6. The highest BCUT2D eigenvalue weighted by molar-refractivity contribution is 6.10. The summed E-state index contributed by atoms with van der Waals surface area (Å²) in [5, 5.41) is 13.6. The van der Waals surface area contributed by atoms with Crippen LogP contribution in [0.5, 0.6) is 0 Å². The largest absolute Gasteiger partial charge is 0.482 e. The molecule has 0 bridgehead atoms. The lowest BCUT2D eigenvalue weighted by molar-refractivity contribution is 0.0690. The molecule has 0 aromatic carbocycles. The Hall–Kier alpha value is -3.53. The van der Waals surface area contributed by atoms with Crippen LogP contribution in [0.3, 0.4) is 0 Å². The lowest BCUT2D eigenvalue weighted by Gasteiger charge is -2.40. The number of carboxylic acids is 1. The lowest BCUT2D eigenvalue weighted by atomic mass is 9.79. The zero-order chi connectivity index (χ0) is 27.2. The Balaban J connectivity index is 1.56. The molecule has 1 N–H and O–H groups in total. The number of carboxylic acid groups (broad SMARTS) is 1. The van der Waals surface area contributed by atoms with Gasteiger partial charge in [0.1, 0.15) is 17.8 Å². The van der Waals surface area contributed by atoms with Gasteiger partial charge in [-0.15, -0.1) is 0 Å². The number of rotatable bonds is 3. The molecule has 9 nitrogen and oxygen atoms in total. The van der Waals surface area contributed by atoms with Crippen molar-refractivity contribution in [2.45, 2.75) is 52.2 Å². The van der Waals surface area contributed by atoms with E-state index in [1.165, 1.54) is 17.1 Å². The number of aromatic carboxylic acids is 1. The summed E-state index contributed by atoms with van der Waals surface area (Å²) < 4.78 is 23.5. The van der Waals surface area contributed by atoms with Gasteiger partial charge in [0.15, 0.2) is 5.76 Å². The van der Waals surface area contributed by atoms with Crippen LogP contribution in [0.15, 0.2) is 69.4 Å². The van der Waals surface area contributed by atoms with Crippen LogP contribution in [0, 0.1) is 5.41 Å². The van der Waals surface area contributed by atoms with Crippen LogP contribution >= 0.6 is 0 Å². The van der Waals surface area contributed by atoms with Gasteiger partial charge in [0, 0.05) is 43.2 Å². The van der Waals surface area contributed by atoms with Gasteiger partial charge in [-0.2, -0.15) is 10.1 Å². The highest BCUT2D eigenvalue weighted by atomic mass is 19.1. The molecule has 10 heteroatoms. The molecular formula is C28H35FN6O3. The van der Waals surface area contributed by atoms with Crippen molar-refractivity contribution in [2.75, 3.05) is 33.2 Å². The number of ether oxygens (including phenoxy) is 1. The molecule has 1 saturated heterocycles. The molecule has 2 unspecified atom stereocenters. The molecule has 0 saturated carbocycles. The lowest BCUT2D eigenvalue weighted by Crippen LogP contribution is -2.46. The van der Waals surface area contributed by atoms with Gasteiger partial charge >= 0.3 is 5.97 Å². The number of aromatic nitrogens is 2. The molecule has 202 valence electrons. The molecule has 5 rings (SSSR count).